The quantitative estimate of drug-likeness (QED) is 0.534. The molecule has 166 valence electrons. The second kappa shape index (κ2) is 7.36. The molecule has 0 unspecified atom stereocenters. The van der Waals surface area contributed by atoms with E-state index in [2.05, 4.69) is 31.4 Å². The monoisotopic (exact) mass is 464 g/mol. The lowest BCUT2D eigenvalue weighted by Crippen LogP contribution is -2.50. The van der Waals surface area contributed by atoms with E-state index in [0.29, 0.717) is 23.6 Å². The highest BCUT2D eigenvalue weighted by Crippen LogP contribution is 2.59. The van der Waals surface area contributed by atoms with Gasteiger partial charge in [-0.25, -0.2) is 4.39 Å². The molecule has 0 amide bonds. The predicted octanol–water partition coefficient (Wildman–Crippen LogP) is 5.83. The molecule has 2 aromatic carbocycles. The van der Waals surface area contributed by atoms with Gasteiger partial charge in [0.25, 0.3) is 0 Å². The molecule has 2 aliphatic heterocycles. The van der Waals surface area contributed by atoms with Crippen molar-refractivity contribution in [3.8, 4) is 0 Å². The van der Waals surface area contributed by atoms with Crippen molar-refractivity contribution in [2.75, 3.05) is 11.9 Å². The Bertz CT molecular complexity index is 1050. The smallest absolute Gasteiger partial charge is 0.324 e. The Balaban J connectivity index is 2.03. The zero-order valence-corrected chi connectivity index (χ0v) is 19.5. The lowest BCUT2D eigenvalue weighted by Gasteiger charge is -2.40. The fourth-order valence-corrected chi connectivity index (χ4v) is 5.98. The first-order valence-electron chi connectivity index (χ1n) is 10.4. The maximum absolute atomic E-state index is 15.4. The third-order valence-electron chi connectivity index (χ3n) is 6.80. The summed E-state index contributed by atoms with van der Waals surface area (Å²) in [6.07, 6.45) is 0.707. The van der Waals surface area contributed by atoms with Crippen molar-refractivity contribution in [3.05, 3.63) is 63.4 Å². The summed E-state index contributed by atoms with van der Waals surface area (Å²) in [5.74, 6) is -2.28. The van der Waals surface area contributed by atoms with Crippen LogP contribution in [0.3, 0.4) is 0 Å². The van der Waals surface area contributed by atoms with Crippen molar-refractivity contribution >= 4 is 34.9 Å². The van der Waals surface area contributed by atoms with Gasteiger partial charge in [0.1, 0.15) is 11.4 Å². The van der Waals surface area contributed by atoms with Gasteiger partial charge in [-0.15, -0.1) is 0 Å². The van der Waals surface area contributed by atoms with Crippen molar-refractivity contribution in [2.24, 2.45) is 5.41 Å². The normalized spacial score (nSPS) is 29.8. The number of carboxylic acid groups (broad SMARTS) is 1. The molecular weight excluding hydrogens is 438 g/mol. The SMILES string of the molecule is CC(C)(C)C[C@H]1N[C@](C)(C(=O)O)[C@@H](c2cccc(Cl)c2F)[C@@]12CNc1cc(Cl)ccc12. The van der Waals surface area contributed by atoms with Crippen LogP contribution in [0.4, 0.5) is 10.1 Å². The highest BCUT2D eigenvalue weighted by molar-refractivity contribution is 6.31. The summed E-state index contributed by atoms with van der Waals surface area (Å²) < 4.78 is 15.4. The van der Waals surface area contributed by atoms with Gasteiger partial charge in [0.2, 0.25) is 0 Å². The lowest BCUT2D eigenvalue weighted by molar-refractivity contribution is -0.144. The molecule has 4 rings (SSSR count). The van der Waals surface area contributed by atoms with Gasteiger partial charge in [0.05, 0.1) is 5.02 Å². The van der Waals surface area contributed by atoms with E-state index in [1.165, 1.54) is 6.07 Å². The summed E-state index contributed by atoms with van der Waals surface area (Å²) in [5.41, 5.74) is -0.0637. The van der Waals surface area contributed by atoms with E-state index in [0.717, 1.165) is 11.3 Å². The lowest BCUT2D eigenvalue weighted by atomic mass is 9.60. The molecule has 0 aliphatic carbocycles. The second-order valence-electron chi connectivity index (χ2n) is 10.1. The third kappa shape index (κ3) is 3.42. The van der Waals surface area contributed by atoms with E-state index >= 15 is 4.39 Å². The number of benzene rings is 2. The molecule has 1 fully saturated rings. The third-order valence-corrected chi connectivity index (χ3v) is 7.32. The topological polar surface area (TPSA) is 61.4 Å². The first-order valence-corrected chi connectivity index (χ1v) is 11.1. The van der Waals surface area contributed by atoms with Crippen LogP contribution in [0.25, 0.3) is 0 Å². The maximum atomic E-state index is 15.4. The number of nitrogens with one attached hydrogen (secondary N) is 2. The average molecular weight is 465 g/mol. The maximum Gasteiger partial charge on any atom is 0.324 e. The van der Waals surface area contributed by atoms with Gasteiger partial charge in [-0.3, -0.25) is 10.1 Å². The molecule has 0 radical (unpaired) electrons. The molecule has 1 saturated heterocycles. The molecule has 0 aromatic heterocycles. The molecule has 0 saturated carbocycles. The number of rotatable bonds is 3. The molecule has 7 heteroatoms. The molecule has 4 atom stereocenters. The second-order valence-corrected chi connectivity index (χ2v) is 11.0. The minimum Gasteiger partial charge on any atom is -0.480 e. The van der Waals surface area contributed by atoms with Crippen LogP contribution in [0.2, 0.25) is 10.0 Å². The zero-order chi connectivity index (χ0) is 22.8. The van der Waals surface area contributed by atoms with E-state index < -0.39 is 28.7 Å². The molecule has 31 heavy (non-hydrogen) atoms. The molecular formula is C24H27Cl2FN2O2. The number of hydrogen-bond acceptors (Lipinski definition) is 3. The Labute approximate surface area is 192 Å². The van der Waals surface area contributed by atoms with Gasteiger partial charge in [-0.1, -0.05) is 62.2 Å². The molecule has 2 aromatic rings. The number of halogens is 3. The van der Waals surface area contributed by atoms with E-state index in [9.17, 15) is 9.90 Å². The highest BCUT2D eigenvalue weighted by atomic mass is 35.5. The molecule has 2 aliphatic rings. The Morgan fingerprint density at radius 3 is 2.61 bits per heavy atom. The van der Waals surface area contributed by atoms with Gasteiger partial charge in [-0.05, 0) is 48.1 Å². The Hall–Kier alpha value is -1.82. The summed E-state index contributed by atoms with van der Waals surface area (Å²) in [6.45, 7) is 8.49. The molecule has 0 bridgehead atoms. The number of aliphatic carboxylic acids is 1. The summed E-state index contributed by atoms with van der Waals surface area (Å²) >= 11 is 12.4. The van der Waals surface area contributed by atoms with Crippen LogP contribution < -0.4 is 10.6 Å². The van der Waals surface area contributed by atoms with Crippen LogP contribution in [0.1, 0.15) is 51.2 Å². The fourth-order valence-electron chi connectivity index (χ4n) is 5.63. The van der Waals surface area contributed by atoms with Crippen molar-refractivity contribution in [3.63, 3.8) is 0 Å². The van der Waals surface area contributed by atoms with Crippen molar-refractivity contribution in [1.82, 2.24) is 5.32 Å². The van der Waals surface area contributed by atoms with Crippen LogP contribution in [0.15, 0.2) is 36.4 Å². The zero-order valence-electron chi connectivity index (χ0n) is 18.0. The molecule has 4 nitrogen and oxygen atoms in total. The number of anilines is 1. The standard InChI is InChI=1S/C24H27Cl2FN2O2/c1-22(2,3)11-18-24(12-28-17-10-13(25)8-9-15(17)24)20(23(4,29-18)21(30)31)14-6-5-7-16(26)19(14)27/h5-10,18,20,28-29H,11-12H2,1-4H3,(H,30,31)/t18-,20-,23+,24-/m1/s1. The molecule has 3 N–H and O–H groups in total. The minimum atomic E-state index is -1.40. The van der Waals surface area contributed by atoms with E-state index in [-0.39, 0.29) is 16.5 Å². The van der Waals surface area contributed by atoms with Crippen molar-refractivity contribution < 1.29 is 14.3 Å². The average Bonchev–Trinajstić information content (AvgIpc) is 3.14. The van der Waals surface area contributed by atoms with E-state index in [4.69, 9.17) is 23.2 Å². The summed E-state index contributed by atoms with van der Waals surface area (Å²) in [6, 6.07) is 10.2. The Morgan fingerprint density at radius 2 is 1.97 bits per heavy atom. The summed E-state index contributed by atoms with van der Waals surface area (Å²) in [4.78, 5) is 12.7. The number of hydrogen-bond donors (Lipinski definition) is 3. The van der Waals surface area contributed by atoms with Crippen molar-refractivity contribution in [1.29, 1.82) is 0 Å². The Kier molecular flexibility index (Phi) is 5.31. The summed E-state index contributed by atoms with van der Waals surface area (Å²) in [7, 11) is 0. The van der Waals surface area contributed by atoms with Gasteiger partial charge in [-0.2, -0.15) is 0 Å². The van der Waals surface area contributed by atoms with Crippen LogP contribution in [-0.4, -0.2) is 29.2 Å². The van der Waals surface area contributed by atoms with Crippen LogP contribution in [0, 0.1) is 11.2 Å². The van der Waals surface area contributed by atoms with Gasteiger partial charge < -0.3 is 10.4 Å². The fraction of sp³-hybridized carbons (Fsp3) is 0.458. The van der Waals surface area contributed by atoms with E-state index in [1.54, 1.807) is 19.1 Å². The van der Waals surface area contributed by atoms with Crippen LogP contribution in [0.5, 0.6) is 0 Å². The Morgan fingerprint density at radius 1 is 1.26 bits per heavy atom. The molecule has 1 spiro atoms. The van der Waals surface area contributed by atoms with Crippen LogP contribution in [-0.2, 0) is 10.2 Å². The first kappa shape index (κ1) is 22.4. The number of carboxylic acids is 1. The first-order chi connectivity index (χ1) is 14.4. The minimum absolute atomic E-state index is 0.0121. The largest absolute Gasteiger partial charge is 0.480 e. The van der Waals surface area contributed by atoms with Gasteiger partial charge in [0.15, 0.2) is 0 Å². The van der Waals surface area contributed by atoms with Gasteiger partial charge in [0, 0.05) is 34.6 Å². The summed E-state index contributed by atoms with van der Waals surface area (Å²) in [5, 5.41) is 17.8. The number of fused-ring (bicyclic) bond motifs is 2. The molecule has 2 heterocycles. The number of carbonyl (C=O) groups is 1. The van der Waals surface area contributed by atoms with Crippen LogP contribution >= 0.6 is 23.2 Å². The van der Waals surface area contributed by atoms with E-state index in [1.807, 2.05) is 18.2 Å². The van der Waals surface area contributed by atoms with Crippen molar-refractivity contribution in [2.45, 2.75) is 57.0 Å². The van der Waals surface area contributed by atoms with Gasteiger partial charge >= 0.3 is 5.97 Å². The highest BCUT2D eigenvalue weighted by Gasteiger charge is 2.66. The predicted molar refractivity (Wildman–Crippen MR) is 123 cm³/mol.